The Morgan fingerprint density at radius 3 is 2.77 bits per heavy atom. The van der Waals surface area contributed by atoms with Crippen LogP contribution in [0.5, 0.6) is 0 Å². The van der Waals surface area contributed by atoms with E-state index in [1.54, 1.807) is 5.38 Å². The number of likely N-dealkylation sites (tertiary alicyclic amines) is 1. The Balaban J connectivity index is 1.10. The lowest BCUT2D eigenvalue weighted by Gasteiger charge is -2.33. The highest BCUT2D eigenvalue weighted by molar-refractivity contribution is 7.14. The van der Waals surface area contributed by atoms with Crippen molar-refractivity contribution in [3.63, 3.8) is 0 Å². The number of carbonyl (C=O) groups is 2. The zero-order chi connectivity index (χ0) is 24.4. The van der Waals surface area contributed by atoms with Crippen LogP contribution < -0.4 is 16.0 Å². The average molecular weight is 514 g/mol. The van der Waals surface area contributed by atoms with Crippen molar-refractivity contribution in [2.75, 3.05) is 36.8 Å². The molecule has 35 heavy (non-hydrogen) atoms. The maximum Gasteiger partial charge on any atom is 0.271 e. The molecule has 10 heteroatoms. The van der Waals surface area contributed by atoms with E-state index in [1.807, 2.05) is 0 Å². The van der Waals surface area contributed by atoms with Crippen molar-refractivity contribution in [2.45, 2.75) is 24.8 Å². The normalized spacial score (nSPS) is 18.1. The molecule has 1 unspecified atom stereocenters. The van der Waals surface area contributed by atoms with Crippen molar-refractivity contribution in [1.82, 2.24) is 15.2 Å². The van der Waals surface area contributed by atoms with Crippen molar-refractivity contribution < 1.29 is 14.0 Å². The van der Waals surface area contributed by atoms with E-state index in [0.29, 0.717) is 11.0 Å². The zero-order valence-electron chi connectivity index (χ0n) is 18.9. The number of piperidine rings is 1. The van der Waals surface area contributed by atoms with Gasteiger partial charge in [0.25, 0.3) is 11.8 Å². The second kappa shape index (κ2) is 10.3. The standard InChI is InChI=1S/C25H25ClFN5O2S/c26-19-11-15(5-6-20(19)27)23(33)31-25-30-22(14-35-25)24(34)29-17-7-9-32(10-8-17)13-16-12-28-21-4-2-1-3-18(16)21/h1-6,11,14,16-17,28H,7-10,12-13H2,(H,29,34)(H,30,31,33). The topological polar surface area (TPSA) is 86.4 Å². The quantitative estimate of drug-likeness (QED) is 0.449. The molecule has 1 fully saturated rings. The van der Waals surface area contributed by atoms with Gasteiger partial charge in [0.2, 0.25) is 0 Å². The number of para-hydroxylation sites is 1. The van der Waals surface area contributed by atoms with Gasteiger partial charge >= 0.3 is 0 Å². The summed E-state index contributed by atoms with van der Waals surface area (Å²) in [5.74, 6) is -0.824. The summed E-state index contributed by atoms with van der Waals surface area (Å²) in [6, 6.07) is 12.3. The van der Waals surface area contributed by atoms with Crippen LogP contribution >= 0.6 is 22.9 Å². The molecule has 3 aromatic rings. The van der Waals surface area contributed by atoms with Gasteiger partial charge < -0.3 is 15.5 Å². The first kappa shape index (κ1) is 23.7. The number of nitrogens with one attached hydrogen (secondary N) is 3. The van der Waals surface area contributed by atoms with E-state index in [1.165, 1.54) is 23.4 Å². The van der Waals surface area contributed by atoms with Gasteiger partial charge in [-0.05, 0) is 42.7 Å². The van der Waals surface area contributed by atoms with Gasteiger partial charge in [0.05, 0.1) is 5.02 Å². The first-order valence-corrected chi connectivity index (χ1v) is 12.8. The van der Waals surface area contributed by atoms with E-state index in [4.69, 9.17) is 11.6 Å². The lowest BCUT2D eigenvalue weighted by molar-refractivity contribution is 0.0904. The fourth-order valence-corrected chi connectivity index (χ4v) is 5.46. The van der Waals surface area contributed by atoms with E-state index in [2.05, 4.69) is 50.1 Å². The van der Waals surface area contributed by atoms with E-state index < -0.39 is 11.7 Å². The largest absolute Gasteiger partial charge is 0.384 e. The van der Waals surface area contributed by atoms with Crippen LogP contribution in [0, 0.1) is 5.82 Å². The fourth-order valence-electron chi connectivity index (χ4n) is 4.59. The number of rotatable bonds is 6. The number of halogens is 2. The highest BCUT2D eigenvalue weighted by atomic mass is 35.5. The number of amides is 2. The molecule has 0 bridgehead atoms. The second-order valence-corrected chi connectivity index (χ2v) is 10.1. The molecule has 1 aromatic heterocycles. The Kier molecular flexibility index (Phi) is 6.99. The number of carbonyl (C=O) groups excluding carboxylic acids is 2. The molecule has 2 aliphatic rings. The van der Waals surface area contributed by atoms with Gasteiger partial charge in [0, 0.05) is 54.8 Å². The van der Waals surface area contributed by atoms with E-state index in [-0.39, 0.29) is 28.2 Å². The number of nitrogens with zero attached hydrogens (tertiary/aromatic N) is 2. The van der Waals surface area contributed by atoms with Crippen molar-refractivity contribution in [3.05, 3.63) is 75.5 Å². The number of hydrogen-bond acceptors (Lipinski definition) is 6. The summed E-state index contributed by atoms with van der Waals surface area (Å²) in [6.45, 7) is 3.84. The smallest absolute Gasteiger partial charge is 0.271 e. The Labute approximate surface area is 211 Å². The van der Waals surface area contributed by atoms with Crippen LogP contribution in [-0.2, 0) is 0 Å². The van der Waals surface area contributed by atoms with E-state index in [9.17, 15) is 14.0 Å². The first-order valence-electron chi connectivity index (χ1n) is 11.5. The Morgan fingerprint density at radius 1 is 1.17 bits per heavy atom. The van der Waals surface area contributed by atoms with Crippen molar-refractivity contribution in [2.24, 2.45) is 0 Å². The van der Waals surface area contributed by atoms with Crippen LogP contribution in [0.4, 0.5) is 15.2 Å². The Morgan fingerprint density at radius 2 is 1.97 bits per heavy atom. The summed E-state index contributed by atoms with van der Waals surface area (Å²) in [4.78, 5) is 31.8. The monoisotopic (exact) mass is 513 g/mol. The van der Waals surface area contributed by atoms with Crippen LogP contribution in [0.15, 0.2) is 47.8 Å². The SMILES string of the molecule is O=C(Nc1nc(C(=O)NC2CCN(CC3CNc4ccccc43)CC2)cs1)c1ccc(F)c(Cl)c1. The van der Waals surface area contributed by atoms with Gasteiger partial charge in [-0.1, -0.05) is 29.8 Å². The van der Waals surface area contributed by atoms with Crippen LogP contribution in [0.2, 0.25) is 5.02 Å². The first-order chi connectivity index (χ1) is 17.0. The van der Waals surface area contributed by atoms with Gasteiger partial charge in [-0.2, -0.15) is 0 Å². The highest BCUT2D eigenvalue weighted by Crippen LogP contribution is 2.32. The minimum Gasteiger partial charge on any atom is -0.384 e. The maximum absolute atomic E-state index is 13.3. The zero-order valence-corrected chi connectivity index (χ0v) is 20.5. The Bertz CT molecular complexity index is 1240. The fraction of sp³-hybridized carbons (Fsp3) is 0.320. The van der Waals surface area contributed by atoms with Crippen LogP contribution in [0.1, 0.15) is 45.2 Å². The molecule has 0 radical (unpaired) electrons. The van der Waals surface area contributed by atoms with Gasteiger partial charge in [-0.25, -0.2) is 9.37 Å². The molecule has 7 nitrogen and oxygen atoms in total. The average Bonchev–Trinajstić information content (AvgIpc) is 3.49. The molecule has 2 amide bonds. The number of anilines is 2. The summed E-state index contributed by atoms with van der Waals surface area (Å²) >= 11 is 6.90. The van der Waals surface area contributed by atoms with Crippen molar-refractivity contribution in [3.8, 4) is 0 Å². The van der Waals surface area contributed by atoms with Crippen molar-refractivity contribution in [1.29, 1.82) is 0 Å². The molecule has 2 aliphatic heterocycles. The van der Waals surface area contributed by atoms with Crippen molar-refractivity contribution >= 4 is 45.6 Å². The van der Waals surface area contributed by atoms with Gasteiger partial charge in [0.15, 0.2) is 5.13 Å². The molecule has 5 rings (SSSR count). The third kappa shape index (κ3) is 5.47. The minimum atomic E-state index is -0.594. The minimum absolute atomic E-state index is 0.0915. The third-order valence-electron chi connectivity index (χ3n) is 6.48. The van der Waals surface area contributed by atoms with Gasteiger partial charge in [-0.3, -0.25) is 14.9 Å². The summed E-state index contributed by atoms with van der Waals surface area (Å²) in [5, 5.41) is 11.0. The lowest BCUT2D eigenvalue weighted by Crippen LogP contribution is -2.45. The molecule has 3 heterocycles. The molecule has 0 aliphatic carbocycles. The molecule has 1 saturated heterocycles. The summed E-state index contributed by atoms with van der Waals surface area (Å²) in [6.07, 6.45) is 1.76. The molecular weight excluding hydrogens is 489 g/mol. The number of fused-ring (bicyclic) bond motifs is 1. The summed E-state index contributed by atoms with van der Waals surface area (Å²) in [7, 11) is 0. The molecule has 2 aromatic carbocycles. The lowest BCUT2D eigenvalue weighted by atomic mass is 9.98. The second-order valence-electron chi connectivity index (χ2n) is 8.83. The van der Waals surface area contributed by atoms with Crippen LogP contribution in [0.3, 0.4) is 0 Å². The number of aromatic nitrogens is 1. The molecule has 182 valence electrons. The summed E-state index contributed by atoms with van der Waals surface area (Å²) in [5.41, 5.74) is 3.09. The van der Waals surface area contributed by atoms with Crippen LogP contribution in [0.25, 0.3) is 0 Å². The number of thiazole rings is 1. The molecule has 3 N–H and O–H groups in total. The Hall–Kier alpha value is -3.01. The molecule has 0 saturated carbocycles. The van der Waals surface area contributed by atoms with E-state index >= 15 is 0 Å². The highest BCUT2D eigenvalue weighted by Gasteiger charge is 2.27. The van der Waals surface area contributed by atoms with E-state index in [0.717, 1.165) is 56.4 Å². The van der Waals surface area contributed by atoms with Gasteiger partial charge in [-0.15, -0.1) is 11.3 Å². The third-order valence-corrected chi connectivity index (χ3v) is 7.53. The number of benzene rings is 2. The molecule has 0 spiro atoms. The predicted molar refractivity (Wildman–Crippen MR) is 136 cm³/mol. The maximum atomic E-state index is 13.3. The summed E-state index contributed by atoms with van der Waals surface area (Å²) < 4.78 is 13.3. The molecule has 1 atom stereocenters. The molecular formula is C25H25ClFN5O2S. The van der Waals surface area contributed by atoms with Gasteiger partial charge in [0.1, 0.15) is 11.5 Å². The predicted octanol–water partition coefficient (Wildman–Crippen LogP) is 4.59. The van der Waals surface area contributed by atoms with Crippen LogP contribution in [-0.4, -0.2) is 53.9 Å². The number of hydrogen-bond donors (Lipinski definition) is 3.